The third kappa shape index (κ3) is 4.33. The number of nitrogens with zero attached hydrogens (tertiary/aromatic N) is 7. The van der Waals surface area contributed by atoms with Gasteiger partial charge in [0.25, 0.3) is 11.5 Å². The first-order chi connectivity index (χ1) is 19.4. The van der Waals surface area contributed by atoms with Gasteiger partial charge >= 0.3 is 0 Å². The van der Waals surface area contributed by atoms with Crippen molar-refractivity contribution in [2.75, 3.05) is 5.73 Å². The predicted molar refractivity (Wildman–Crippen MR) is 149 cm³/mol. The minimum atomic E-state index is -0.667. The first-order valence-electron chi connectivity index (χ1n) is 12.4. The predicted octanol–water partition coefficient (Wildman–Crippen LogP) is 2.61. The molecule has 40 heavy (non-hydrogen) atoms. The highest BCUT2D eigenvalue weighted by Gasteiger charge is 2.24. The Bertz CT molecular complexity index is 2030. The highest BCUT2D eigenvalue weighted by atomic mass is 16.2. The number of rotatable bonds is 4. The summed E-state index contributed by atoms with van der Waals surface area (Å²) in [4.78, 5) is 40.7. The monoisotopic (exact) mass is 529 g/mol. The van der Waals surface area contributed by atoms with Crippen molar-refractivity contribution < 1.29 is 4.79 Å². The lowest BCUT2D eigenvalue weighted by atomic mass is 10.0. The minimum absolute atomic E-state index is 0.0510. The Hall–Kier alpha value is -5.76. The zero-order valence-corrected chi connectivity index (χ0v) is 21.6. The van der Waals surface area contributed by atoms with Gasteiger partial charge in [0.2, 0.25) is 0 Å². The largest absolute Gasteiger partial charge is 0.383 e. The number of fused-ring (bicyclic) bond motifs is 2. The number of aromatic nitrogens is 7. The molecule has 11 heteroatoms. The first-order valence-corrected chi connectivity index (χ1v) is 12.4. The van der Waals surface area contributed by atoms with Crippen molar-refractivity contribution in [2.24, 2.45) is 7.05 Å². The zero-order valence-electron chi connectivity index (χ0n) is 21.6. The number of nitrogen functional groups attached to an aromatic ring is 1. The van der Waals surface area contributed by atoms with E-state index in [1.807, 2.05) is 37.4 Å². The van der Waals surface area contributed by atoms with Crippen molar-refractivity contribution in [3.05, 3.63) is 113 Å². The molecular formula is C29H23N9O2. The smallest absolute Gasteiger partial charge is 0.267 e. The van der Waals surface area contributed by atoms with E-state index < -0.39 is 11.9 Å². The van der Waals surface area contributed by atoms with Gasteiger partial charge in [0.05, 0.1) is 29.1 Å². The van der Waals surface area contributed by atoms with Gasteiger partial charge in [-0.1, -0.05) is 42.3 Å². The molecule has 5 aromatic heterocycles. The van der Waals surface area contributed by atoms with Gasteiger partial charge in [0.15, 0.2) is 5.65 Å². The number of carbonyl (C=O) groups is 1. The summed E-state index contributed by atoms with van der Waals surface area (Å²) in [6.45, 7) is 1.77. The van der Waals surface area contributed by atoms with Crippen LogP contribution in [0.25, 0.3) is 22.4 Å². The maximum absolute atomic E-state index is 14.1. The van der Waals surface area contributed by atoms with Crippen LogP contribution in [-0.4, -0.2) is 39.4 Å². The normalized spacial score (nSPS) is 11.8. The lowest BCUT2D eigenvalue weighted by molar-refractivity contribution is 0.0941. The van der Waals surface area contributed by atoms with Gasteiger partial charge in [-0.05, 0) is 30.5 Å². The van der Waals surface area contributed by atoms with E-state index in [4.69, 9.17) is 10.7 Å². The molecule has 0 aliphatic carbocycles. The van der Waals surface area contributed by atoms with Gasteiger partial charge in [0, 0.05) is 25.6 Å². The molecular weight excluding hydrogens is 506 g/mol. The fourth-order valence-corrected chi connectivity index (χ4v) is 4.57. The number of carbonyl (C=O) groups excluding carboxylic acids is 1. The van der Waals surface area contributed by atoms with Crippen LogP contribution in [0.2, 0.25) is 0 Å². The second-order valence-corrected chi connectivity index (χ2v) is 9.16. The summed E-state index contributed by atoms with van der Waals surface area (Å²) in [5, 5.41) is 7.08. The molecule has 1 amide bonds. The molecule has 11 nitrogen and oxygen atoms in total. The quantitative estimate of drug-likeness (QED) is 0.335. The summed E-state index contributed by atoms with van der Waals surface area (Å²) in [6, 6.07) is 13.8. The van der Waals surface area contributed by atoms with Crippen molar-refractivity contribution in [3.63, 3.8) is 0 Å². The summed E-state index contributed by atoms with van der Waals surface area (Å²) < 4.78 is 4.75. The third-order valence-corrected chi connectivity index (χ3v) is 6.43. The van der Waals surface area contributed by atoms with E-state index in [1.54, 1.807) is 59.0 Å². The molecule has 0 spiro atoms. The van der Waals surface area contributed by atoms with Crippen LogP contribution >= 0.6 is 0 Å². The van der Waals surface area contributed by atoms with Gasteiger partial charge in [-0.2, -0.15) is 5.10 Å². The van der Waals surface area contributed by atoms with Crippen molar-refractivity contribution in [1.29, 1.82) is 0 Å². The average molecular weight is 530 g/mol. The molecule has 5 heterocycles. The molecule has 196 valence electrons. The number of imidazole rings is 1. The topological polar surface area (TPSA) is 138 Å². The van der Waals surface area contributed by atoms with E-state index in [9.17, 15) is 9.59 Å². The molecule has 0 saturated carbocycles. The molecule has 0 aliphatic heterocycles. The lowest BCUT2D eigenvalue weighted by Gasteiger charge is -2.19. The number of amides is 1. The second-order valence-electron chi connectivity index (χ2n) is 9.16. The number of benzene rings is 1. The van der Waals surface area contributed by atoms with E-state index in [0.29, 0.717) is 33.8 Å². The van der Waals surface area contributed by atoms with Crippen LogP contribution < -0.4 is 16.6 Å². The summed E-state index contributed by atoms with van der Waals surface area (Å²) in [5.74, 6) is 5.71. The standard InChI is InChI=1S/C29H23N9O2/c1-18(34-28(39)24-26(30)32-17-37-14-13-31-27(24)37)25-23(20-7-4-3-5-8-20)29(40)38-21(9-6-10-22(38)35-25)12-11-19-15-33-36(2)16-19/h3-10,13-18H,30H2,1-2H3,(H,34,39). The van der Waals surface area contributed by atoms with Crippen molar-refractivity contribution in [2.45, 2.75) is 13.0 Å². The minimum Gasteiger partial charge on any atom is -0.383 e. The number of pyridine rings is 1. The molecule has 1 unspecified atom stereocenters. The Kier molecular flexibility index (Phi) is 6.05. The maximum atomic E-state index is 14.1. The second kappa shape index (κ2) is 9.85. The third-order valence-electron chi connectivity index (χ3n) is 6.43. The van der Waals surface area contributed by atoms with E-state index in [-0.39, 0.29) is 16.9 Å². The van der Waals surface area contributed by atoms with Gasteiger partial charge in [-0.15, -0.1) is 0 Å². The number of hydrogen-bond donors (Lipinski definition) is 2. The Balaban J connectivity index is 1.48. The zero-order chi connectivity index (χ0) is 27.8. The van der Waals surface area contributed by atoms with Crippen LogP contribution in [0, 0.1) is 11.8 Å². The van der Waals surface area contributed by atoms with Gasteiger partial charge in [0.1, 0.15) is 29.0 Å². The van der Waals surface area contributed by atoms with Crippen molar-refractivity contribution in [3.8, 4) is 23.0 Å². The van der Waals surface area contributed by atoms with E-state index in [1.165, 1.54) is 10.7 Å². The Morgan fingerprint density at radius 2 is 1.90 bits per heavy atom. The van der Waals surface area contributed by atoms with E-state index in [0.717, 1.165) is 5.56 Å². The SMILES string of the molecule is CC(NC(=O)c1c(N)ncn2ccnc12)c1nc2cccc(C#Cc3cnn(C)c3)n2c(=O)c1-c1ccccc1. The Labute approximate surface area is 228 Å². The maximum Gasteiger partial charge on any atom is 0.267 e. The van der Waals surface area contributed by atoms with Gasteiger partial charge in [-0.25, -0.2) is 15.0 Å². The highest BCUT2D eigenvalue weighted by Crippen LogP contribution is 2.26. The highest BCUT2D eigenvalue weighted by molar-refractivity contribution is 6.04. The van der Waals surface area contributed by atoms with Crippen molar-refractivity contribution >= 4 is 23.0 Å². The fraction of sp³-hybridized carbons (Fsp3) is 0.103. The summed E-state index contributed by atoms with van der Waals surface area (Å²) in [7, 11) is 1.81. The first kappa shape index (κ1) is 24.6. The van der Waals surface area contributed by atoms with Crippen LogP contribution in [0.15, 0.2) is 84.4 Å². The Morgan fingerprint density at radius 1 is 1.07 bits per heavy atom. The number of anilines is 1. The molecule has 1 atom stereocenters. The van der Waals surface area contributed by atoms with Crippen molar-refractivity contribution in [1.82, 2.24) is 38.9 Å². The van der Waals surface area contributed by atoms with Gasteiger partial charge in [-0.3, -0.25) is 23.1 Å². The number of nitrogens with one attached hydrogen (secondary N) is 1. The summed E-state index contributed by atoms with van der Waals surface area (Å²) in [6.07, 6.45) is 8.18. The van der Waals surface area contributed by atoms with Crippen LogP contribution in [0.3, 0.4) is 0 Å². The van der Waals surface area contributed by atoms with Crippen LogP contribution in [0.5, 0.6) is 0 Å². The molecule has 0 aliphatic rings. The lowest BCUT2D eigenvalue weighted by Crippen LogP contribution is -2.31. The number of nitrogens with two attached hydrogens (primary N) is 1. The molecule has 6 aromatic rings. The molecule has 0 radical (unpaired) electrons. The molecule has 0 saturated heterocycles. The van der Waals surface area contributed by atoms with E-state index in [2.05, 4.69) is 32.2 Å². The van der Waals surface area contributed by atoms with Gasteiger partial charge < -0.3 is 11.1 Å². The summed E-state index contributed by atoms with van der Waals surface area (Å²) >= 11 is 0. The van der Waals surface area contributed by atoms with Crippen LogP contribution in [-0.2, 0) is 7.05 Å². The van der Waals surface area contributed by atoms with Crippen LogP contribution in [0.1, 0.15) is 40.3 Å². The number of aryl methyl sites for hydroxylation is 1. The molecule has 0 fully saturated rings. The molecule has 3 N–H and O–H groups in total. The molecule has 0 bridgehead atoms. The number of hydrogen-bond acceptors (Lipinski definition) is 7. The summed E-state index contributed by atoms with van der Waals surface area (Å²) in [5.41, 5.74) is 9.29. The molecule has 6 rings (SSSR count). The van der Waals surface area contributed by atoms with E-state index >= 15 is 0 Å². The Morgan fingerprint density at radius 3 is 2.67 bits per heavy atom. The van der Waals surface area contributed by atoms with Crippen LogP contribution in [0.4, 0.5) is 5.82 Å². The molecule has 1 aromatic carbocycles. The average Bonchev–Trinajstić information content (AvgIpc) is 3.60. The fourth-order valence-electron chi connectivity index (χ4n) is 4.57.